The molecular formula is C9H10O2. The first-order valence-corrected chi connectivity index (χ1v) is 3.57. The Kier molecular flexibility index (Phi) is 3.19. The monoisotopic (exact) mass is 150 g/mol. The van der Waals surface area contributed by atoms with E-state index in [4.69, 9.17) is 4.42 Å². The van der Waals surface area contributed by atoms with E-state index in [2.05, 4.69) is 0 Å². The molecule has 0 saturated carbocycles. The highest BCUT2D eigenvalue weighted by Crippen LogP contribution is 2.03. The lowest BCUT2D eigenvalue weighted by Gasteiger charge is -1.82. The Morgan fingerprint density at radius 3 is 3.00 bits per heavy atom. The fourth-order valence-electron chi connectivity index (χ4n) is 0.750. The van der Waals surface area contributed by atoms with E-state index in [9.17, 15) is 4.79 Å². The Balaban J connectivity index is 2.31. The average molecular weight is 150 g/mol. The molecule has 0 aliphatic heterocycles. The van der Waals surface area contributed by atoms with Crippen molar-refractivity contribution in [3.8, 4) is 0 Å². The van der Waals surface area contributed by atoms with Crippen LogP contribution in [0.15, 0.2) is 28.9 Å². The van der Waals surface area contributed by atoms with Gasteiger partial charge in [0.05, 0.1) is 6.26 Å². The van der Waals surface area contributed by atoms with Crippen LogP contribution in [-0.2, 0) is 4.79 Å². The van der Waals surface area contributed by atoms with Crippen molar-refractivity contribution in [2.24, 2.45) is 0 Å². The average Bonchev–Trinajstić information content (AvgIpc) is 2.50. The van der Waals surface area contributed by atoms with E-state index in [0.29, 0.717) is 6.42 Å². The van der Waals surface area contributed by atoms with E-state index in [0.717, 1.165) is 18.5 Å². The highest BCUT2D eigenvalue weighted by Gasteiger charge is 1.85. The smallest absolute Gasteiger partial charge is 0.126 e. The van der Waals surface area contributed by atoms with E-state index >= 15 is 0 Å². The van der Waals surface area contributed by atoms with Crippen molar-refractivity contribution in [2.75, 3.05) is 0 Å². The van der Waals surface area contributed by atoms with Crippen molar-refractivity contribution in [2.45, 2.75) is 12.8 Å². The zero-order valence-electron chi connectivity index (χ0n) is 6.19. The van der Waals surface area contributed by atoms with Gasteiger partial charge in [0.1, 0.15) is 12.0 Å². The third kappa shape index (κ3) is 2.85. The quantitative estimate of drug-likeness (QED) is 0.486. The van der Waals surface area contributed by atoms with Gasteiger partial charge in [0.2, 0.25) is 0 Å². The van der Waals surface area contributed by atoms with Crippen LogP contribution < -0.4 is 0 Å². The molecule has 1 aromatic rings. The Labute approximate surface area is 65.5 Å². The predicted molar refractivity (Wildman–Crippen MR) is 43.0 cm³/mol. The van der Waals surface area contributed by atoms with Gasteiger partial charge in [-0.1, -0.05) is 6.08 Å². The van der Waals surface area contributed by atoms with Crippen LogP contribution in [0.2, 0.25) is 0 Å². The maximum Gasteiger partial charge on any atom is 0.126 e. The van der Waals surface area contributed by atoms with Gasteiger partial charge in [-0.05, 0) is 24.6 Å². The third-order valence-corrected chi connectivity index (χ3v) is 1.28. The summed E-state index contributed by atoms with van der Waals surface area (Å²) in [6.07, 6.45) is 7.68. The minimum atomic E-state index is 0.581. The van der Waals surface area contributed by atoms with Gasteiger partial charge in [0, 0.05) is 6.42 Å². The Hall–Kier alpha value is -1.31. The molecule has 1 rings (SSSR count). The summed E-state index contributed by atoms with van der Waals surface area (Å²) in [5.74, 6) is 0.830. The zero-order valence-corrected chi connectivity index (χ0v) is 6.19. The molecule has 0 unspecified atom stereocenters. The first-order valence-electron chi connectivity index (χ1n) is 3.57. The standard InChI is InChI=1S/C9H10O2/c10-7-3-1-2-5-9-6-4-8-11-9/h2,4-8H,1,3H2. The summed E-state index contributed by atoms with van der Waals surface area (Å²) in [6, 6.07) is 3.71. The summed E-state index contributed by atoms with van der Waals surface area (Å²) < 4.78 is 5.04. The molecule has 0 bridgehead atoms. The molecule has 0 N–H and O–H groups in total. The number of rotatable bonds is 4. The summed E-state index contributed by atoms with van der Waals surface area (Å²) in [6.45, 7) is 0. The van der Waals surface area contributed by atoms with Crippen LogP contribution in [0, 0.1) is 0 Å². The van der Waals surface area contributed by atoms with Gasteiger partial charge >= 0.3 is 0 Å². The second-order valence-corrected chi connectivity index (χ2v) is 2.16. The van der Waals surface area contributed by atoms with E-state index in [1.54, 1.807) is 6.26 Å². The molecule has 58 valence electrons. The fraction of sp³-hybridized carbons (Fsp3) is 0.222. The molecule has 0 fully saturated rings. The molecule has 0 aliphatic carbocycles. The van der Waals surface area contributed by atoms with Gasteiger partial charge in [-0.2, -0.15) is 0 Å². The summed E-state index contributed by atoms with van der Waals surface area (Å²) in [5, 5.41) is 0. The Morgan fingerprint density at radius 1 is 1.45 bits per heavy atom. The largest absolute Gasteiger partial charge is 0.465 e. The summed E-state index contributed by atoms with van der Waals surface area (Å²) in [4.78, 5) is 9.91. The molecule has 0 saturated heterocycles. The molecule has 2 nitrogen and oxygen atoms in total. The van der Waals surface area contributed by atoms with Gasteiger partial charge in [-0.15, -0.1) is 0 Å². The molecule has 0 spiro atoms. The summed E-state index contributed by atoms with van der Waals surface area (Å²) in [7, 11) is 0. The number of carbonyl (C=O) groups is 1. The Morgan fingerprint density at radius 2 is 2.36 bits per heavy atom. The molecule has 1 aromatic heterocycles. The minimum absolute atomic E-state index is 0.581. The first kappa shape index (κ1) is 7.79. The molecule has 1 heterocycles. The molecule has 0 atom stereocenters. The molecule has 0 aromatic carbocycles. The Bertz CT molecular complexity index is 222. The van der Waals surface area contributed by atoms with Crippen molar-refractivity contribution >= 4 is 12.4 Å². The predicted octanol–water partition coefficient (Wildman–Crippen LogP) is 2.27. The lowest BCUT2D eigenvalue weighted by atomic mass is 10.3. The SMILES string of the molecule is O=CCCC=Cc1ccco1. The first-order chi connectivity index (χ1) is 5.43. The lowest BCUT2D eigenvalue weighted by Crippen LogP contribution is -1.69. The maximum atomic E-state index is 9.91. The van der Waals surface area contributed by atoms with Crippen LogP contribution >= 0.6 is 0 Å². The topological polar surface area (TPSA) is 30.2 Å². The fourth-order valence-corrected chi connectivity index (χ4v) is 0.750. The van der Waals surface area contributed by atoms with Gasteiger partial charge in [-0.25, -0.2) is 0 Å². The van der Waals surface area contributed by atoms with Crippen molar-refractivity contribution < 1.29 is 9.21 Å². The van der Waals surface area contributed by atoms with Crippen molar-refractivity contribution in [1.29, 1.82) is 0 Å². The van der Waals surface area contributed by atoms with Gasteiger partial charge < -0.3 is 9.21 Å². The van der Waals surface area contributed by atoms with E-state index in [-0.39, 0.29) is 0 Å². The van der Waals surface area contributed by atoms with Crippen LogP contribution in [0.1, 0.15) is 18.6 Å². The van der Waals surface area contributed by atoms with Gasteiger partial charge in [0.15, 0.2) is 0 Å². The number of aldehydes is 1. The number of allylic oxidation sites excluding steroid dienone is 1. The number of furan rings is 1. The highest BCUT2D eigenvalue weighted by molar-refractivity contribution is 5.50. The van der Waals surface area contributed by atoms with Crippen LogP contribution in [-0.4, -0.2) is 6.29 Å². The normalized spacial score (nSPS) is 10.5. The molecule has 0 aliphatic rings. The highest BCUT2D eigenvalue weighted by atomic mass is 16.3. The molecule has 0 amide bonds. The second-order valence-electron chi connectivity index (χ2n) is 2.16. The number of carbonyl (C=O) groups excluding carboxylic acids is 1. The third-order valence-electron chi connectivity index (χ3n) is 1.28. The van der Waals surface area contributed by atoms with Crippen LogP contribution in [0.5, 0.6) is 0 Å². The lowest BCUT2D eigenvalue weighted by molar-refractivity contribution is -0.107. The van der Waals surface area contributed by atoms with Crippen LogP contribution in [0.3, 0.4) is 0 Å². The van der Waals surface area contributed by atoms with Gasteiger partial charge in [0.25, 0.3) is 0 Å². The van der Waals surface area contributed by atoms with E-state index in [1.165, 1.54) is 0 Å². The van der Waals surface area contributed by atoms with Gasteiger partial charge in [-0.3, -0.25) is 0 Å². The maximum absolute atomic E-state index is 9.91. The molecule has 0 radical (unpaired) electrons. The van der Waals surface area contributed by atoms with E-state index in [1.807, 2.05) is 24.3 Å². The number of unbranched alkanes of at least 4 members (excludes halogenated alkanes) is 1. The van der Waals surface area contributed by atoms with Crippen LogP contribution in [0.4, 0.5) is 0 Å². The molecular weight excluding hydrogens is 140 g/mol. The van der Waals surface area contributed by atoms with Crippen molar-refractivity contribution in [3.63, 3.8) is 0 Å². The minimum Gasteiger partial charge on any atom is -0.465 e. The molecule has 2 heteroatoms. The second kappa shape index (κ2) is 4.50. The van der Waals surface area contributed by atoms with E-state index < -0.39 is 0 Å². The zero-order chi connectivity index (χ0) is 7.94. The number of hydrogen-bond donors (Lipinski definition) is 0. The summed E-state index contributed by atoms with van der Waals surface area (Å²) in [5.41, 5.74) is 0. The number of hydrogen-bond acceptors (Lipinski definition) is 2. The summed E-state index contributed by atoms with van der Waals surface area (Å²) >= 11 is 0. The van der Waals surface area contributed by atoms with Crippen molar-refractivity contribution in [1.82, 2.24) is 0 Å². The van der Waals surface area contributed by atoms with Crippen molar-refractivity contribution in [3.05, 3.63) is 30.2 Å². The molecule has 11 heavy (non-hydrogen) atoms. The van der Waals surface area contributed by atoms with Crippen LogP contribution in [0.25, 0.3) is 6.08 Å².